The van der Waals surface area contributed by atoms with E-state index in [9.17, 15) is 20.1 Å². The number of carbonyl (C=O) groups is 1. The van der Waals surface area contributed by atoms with E-state index >= 15 is 0 Å². The molecule has 61 heavy (non-hydrogen) atoms. The molecule has 0 fully saturated rings. The molecule has 0 bridgehead atoms. The molecule has 0 heterocycles. The average Bonchev–Trinajstić information content (AvgIpc) is 3.26. The van der Waals surface area contributed by atoms with Crippen LogP contribution in [0.2, 0.25) is 0 Å². The van der Waals surface area contributed by atoms with Crippen molar-refractivity contribution in [2.45, 2.75) is 295 Å². The molecular weight excluding hydrogens is 751 g/mol. The molecule has 3 unspecified atom stereocenters. The summed E-state index contributed by atoms with van der Waals surface area (Å²) in [4.78, 5) is 12.5. The van der Waals surface area contributed by atoms with Gasteiger partial charge < -0.3 is 20.6 Å². The van der Waals surface area contributed by atoms with E-state index < -0.39 is 24.2 Å². The molecule has 0 aromatic carbocycles. The van der Waals surface area contributed by atoms with E-state index in [2.05, 4.69) is 55.6 Å². The molecule has 5 heteroatoms. The Bertz CT molecular complexity index is 989. The van der Waals surface area contributed by atoms with Crippen molar-refractivity contribution in [2.24, 2.45) is 0 Å². The van der Waals surface area contributed by atoms with Crippen LogP contribution in [0, 0.1) is 0 Å². The minimum atomic E-state index is -1.11. The summed E-state index contributed by atoms with van der Waals surface area (Å²) in [5, 5.41) is 33.2. The molecule has 0 aliphatic rings. The van der Waals surface area contributed by atoms with Gasteiger partial charge in [-0.2, -0.15) is 0 Å². The Balaban J connectivity index is 3.56. The van der Waals surface area contributed by atoms with Gasteiger partial charge in [-0.05, 0) is 64.2 Å². The maximum absolute atomic E-state index is 12.5. The highest BCUT2D eigenvalue weighted by Gasteiger charge is 2.22. The third kappa shape index (κ3) is 46.1. The van der Waals surface area contributed by atoms with Gasteiger partial charge in [0.25, 0.3) is 0 Å². The van der Waals surface area contributed by atoms with Crippen molar-refractivity contribution in [1.82, 2.24) is 5.32 Å². The summed E-state index contributed by atoms with van der Waals surface area (Å²) in [6.07, 6.45) is 67.6. The van der Waals surface area contributed by atoms with Crippen molar-refractivity contribution in [3.8, 4) is 0 Å². The van der Waals surface area contributed by atoms with Crippen LogP contribution in [0.3, 0.4) is 0 Å². The summed E-state index contributed by atoms with van der Waals surface area (Å²) in [6.45, 7) is 4.18. The number of amides is 1. The van der Waals surface area contributed by atoms with E-state index in [0.717, 1.165) is 44.9 Å². The topological polar surface area (TPSA) is 89.8 Å². The third-order valence-corrected chi connectivity index (χ3v) is 12.4. The number of hydrogen-bond donors (Lipinski definition) is 4. The number of allylic oxidation sites excluding steroid dienone is 7. The summed E-state index contributed by atoms with van der Waals surface area (Å²) in [5.41, 5.74) is 0. The van der Waals surface area contributed by atoms with Crippen molar-refractivity contribution in [1.29, 1.82) is 0 Å². The monoisotopic (exact) mass is 856 g/mol. The number of rotatable bonds is 49. The maximum Gasteiger partial charge on any atom is 0.249 e. The fourth-order valence-electron chi connectivity index (χ4n) is 8.17. The molecule has 1 amide bonds. The molecule has 0 aromatic heterocycles. The van der Waals surface area contributed by atoms with Crippen LogP contribution >= 0.6 is 0 Å². The Morgan fingerprint density at radius 1 is 0.410 bits per heavy atom. The highest BCUT2D eigenvalue weighted by atomic mass is 16.3. The van der Waals surface area contributed by atoms with E-state index in [1.54, 1.807) is 6.08 Å². The molecular formula is C56H105NO4. The van der Waals surface area contributed by atoms with E-state index in [-0.39, 0.29) is 6.61 Å². The predicted octanol–water partition coefficient (Wildman–Crippen LogP) is 16.4. The van der Waals surface area contributed by atoms with Crippen molar-refractivity contribution in [3.63, 3.8) is 0 Å². The Morgan fingerprint density at radius 3 is 1.10 bits per heavy atom. The lowest BCUT2D eigenvalue weighted by atomic mass is 10.0. The van der Waals surface area contributed by atoms with Crippen molar-refractivity contribution in [3.05, 3.63) is 48.6 Å². The Hall–Kier alpha value is -1.69. The van der Waals surface area contributed by atoms with Gasteiger partial charge in [0.05, 0.1) is 18.8 Å². The first-order chi connectivity index (χ1) is 30.1. The summed E-state index contributed by atoms with van der Waals surface area (Å²) in [6, 6.07) is -0.815. The van der Waals surface area contributed by atoms with Crippen LogP contribution < -0.4 is 5.32 Å². The normalized spacial score (nSPS) is 13.7. The molecule has 0 saturated carbocycles. The second-order valence-corrected chi connectivity index (χ2v) is 18.4. The first kappa shape index (κ1) is 59.3. The Kier molecular flexibility index (Phi) is 49.5. The lowest BCUT2D eigenvalue weighted by molar-refractivity contribution is -0.131. The molecule has 0 aliphatic carbocycles. The highest BCUT2D eigenvalue weighted by Crippen LogP contribution is 2.16. The summed E-state index contributed by atoms with van der Waals surface area (Å²) < 4.78 is 0. The lowest BCUT2D eigenvalue weighted by Crippen LogP contribution is -2.48. The van der Waals surface area contributed by atoms with Crippen LogP contribution in [-0.2, 0) is 4.79 Å². The van der Waals surface area contributed by atoms with Crippen LogP contribution in [0.4, 0.5) is 0 Å². The van der Waals surface area contributed by atoms with Crippen LogP contribution in [0.1, 0.15) is 277 Å². The zero-order valence-electron chi connectivity index (χ0n) is 40.8. The number of unbranched alkanes of at least 4 members (excludes halogenated alkanes) is 35. The average molecular weight is 856 g/mol. The van der Waals surface area contributed by atoms with E-state index in [1.807, 2.05) is 6.08 Å². The molecule has 0 rings (SSSR count). The van der Waals surface area contributed by atoms with Gasteiger partial charge >= 0.3 is 0 Å². The first-order valence-corrected chi connectivity index (χ1v) is 27.0. The van der Waals surface area contributed by atoms with E-state index in [1.165, 1.54) is 212 Å². The molecule has 0 radical (unpaired) electrons. The molecule has 358 valence electrons. The molecule has 0 saturated heterocycles. The minimum absolute atomic E-state index is 0.376. The fraction of sp³-hybridized carbons (Fsp3) is 0.839. The lowest BCUT2D eigenvalue weighted by Gasteiger charge is -2.21. The molecule has 0 spiro atoms. The molecule has 0 aromatic rings. The van der Waals surface area contributed by atoms with Gasteiger partial charge in [-0.25, -0.2) is 0 Å². The van der Waals surface area contributed by atoms with E-state index in [4.69, 9.17) is 0 Å². The number of aliphatic hydroxyl groups is 3. The van der Waals surface area contributed by atoms with Crippen LogP contribution in [0.5, 0.6) is 0 Å². The fourth-order valence-corrected chi connectivity index (χ4v) is 8.17. The highest BCUT2D eigenvalue weighted by molar-refractivity contribution is 5.80. The second kappa shape index (κ2) is 50.9. The summed E-state index contributed by atoms with van der Waals surface area (Å²) in [5.74, 6) is -0.512. The van der Waals surface area contributed by atoms with Gasteiger partial charge in [-0.1, -0.05) is 262 Å². The maximum atomic E-state index is 12.5. The van der Waals surface area contributed by atoms with Gasteiger partial charge in [0.1, 0.15) is 6.10 Å². The molecule has 0 aliphatic heterocycles. The number of aliphatic hydroxyl groups excluding tert-OH is 3. The zero-order chi connectivity index (χ0) is 44.4. The third-order valence-electron chi connectivity index (χ3n) is 12.4. The van der Waals surface area contributed by atoms with Gasteiger partial charge in [-0.3, -0.25) is 4.79 Å². The van der Waals surface area contributed by atoms with E-state index in [0.29, 0.717) is 6.42 Å². The SMILES string of the molecule is CCCCCCCCCCC/C=C\C/C=C\CCCCCCCCCCCCCCCCCCC(O)C(=O)NC(CO)C(O)/C=C/CC/C=C/CCCCCCCCCCC. The zero-order valence-corrected chi connectivity index (χ0v) is 40.8. The van der Waals surface area contributed by atoms with Gasteiger partial charge in [-0.15, -0.1) is 0 Å². The predicted molar refractivity (Wildman–Crippen MR) is 268 cm³/mol. The van der Waals surface area contributed by atoms with Gasteiger partial charge in [0, 0.05) is 0 Å². The van der Waals surface area contributed by atoms with Crippen molar-refractivity contribution >= 4 is 5.91 Å². The Labute approximate surface area is 380 Å². The van der Waals surface area contributed by atoms with Crippen LogP contribution in [0.15, 0.2) is 48.6 Å². The van der Waals surface area contributed by atoms with Crippen molar-refractivity contribution in [2.75, 3.05) is 6.61 Å². The Morgan fingerprint density at radius 2 is 0.721 bits per heavy atom. The minimum Gasteiger partial charge on any atom is -0.394 e. The quantitative estimate of drug-likeness (QED) is 0.0362. The van der Waals surface area contributed by atoms with Crippen LogP contribution in [-0.4, -0.2) is 46.1 Å². The largest absolute Gasteiger partial charge is 0.394 e. The summed E-state index contributed by atoms with van der Waals surface area (Å²) >= 11 is 0. The van der Waals surface area contributed by atoms with Crippen LogP contribution in [0.25, 0.3) is 0 Å². The van der Waals surface area contributed by atoms with Gasteiger partial charge in [0.15, 0.2) is 0 Å². The number of hydrogen-bond acceptors (Lipinski definition) is 4. The van der Waals surface area contributed by atoms with Gasteiger partial charge in [0.2, 0.25) is 5.91 Å². The number of carbonyl (C=O) groups excluding carboxylic acids is 1. The number of nitrogens with one attached hydrogen (secondary N) is 1. The van der Waals surface area contributed by atoms with Crippen molar-refractivity contribution < 1.29 is 20.1 Å². The first-order valence-electron chi connectivity index (χ1n) is 27.0. The molecule has 4 N–H and O–H groups in total. The smallest absolute Gasteiger partial charge is 0.249 e. The summed E-state index contributed by atoms with van der Waals surface area (Å²) in [7, 11) is 0. The second-order valence-electron chi connectivity index (χ2n) is 18.4. The standard InChI is InChI=1S/C56H105NO4/c1-3-5-7-9-11-13-15-17-19-20-21-22-23-24-25-26-27-28-29-30-31-32-33-34-35-37-39-41-43-45-47-49-51-55(60)56(61)57-53(52-58)54(59)50-48-46-44-42-40-38-36-18-16-14-12-10-8-6-4-2/h21-22,24-25,40,42,48,50,53-55,58-60H,3-20,23,26-39,41,43-47,49,51-52H2,1-2H3,(H,57,61)/b22-21-,25-24-,42-40+,50-48+. The molecule has 3 atom stereocenters. The molecule has 5 nitrogen and oxygen atoms in total.